The molecule has 1 amide bonds. The number of carbonyl (C=O) groups excluding carboxylic acids is 1. The number of rotatable bonds is 8. The maximum atomic E-state index is 12.0. The number of ether oxygens (including phenoxy) is 1. The fourth-order valence-corrected chi connectivity index (χ4v) is 2.29. The lowest BCUT2D eigenvalue weighted by Crippen LogP contribution is -2.40. The summed E-state index contributed by atoms with van der Waals surface area (Å²) in [6.45, 7) is 7.35. The molecular formula is C14H25N5O2. The number of nitrogens with one attached hydrogen (secondary N) is 1. The van der Waals surface area contributed by atoms with E-state index in [1.165, 1.54) is 0 Å². The van der Waals surface area contributed by atoms with Crippen LogP contribution in [0.2, 0.25) is 0 Å². The predicted molar refractivity (Wildman–Crippen MR) is 78.7 cm³/mol. The Morgan fingerprint density at radius 1 is 1.43 bits per heavy atom. The molecule has 1 aliphatic rings. The Bertz CT molecular complexity index is 429. The molecule has 118 valence electrons. The third kappa shape index (κ3) is 5.43. The fourth-order valence-electron chi connectivity index (χ4n) is 2.29. The molecule has 21 heavy (non-hydrogen) atoms. The van der Waals surface area contributed by atoms with Gasteiger partial charge in [0.05, 0.1) is 18.9 Å². The highest BCUT2D eigenvalue weighted by molar-refractivity contribution is 5.76. The van der Waals surface area contributed by atoms with Gasteiger partial charge in [0.2, 0.25) is 5.91 Å². The molecule has 0 radical (unpaired) electrons. The largest absolute Gasteiger partial charge is 0.378 e. The molecule has 1 aromatic rings. The van der Waals surface area contributed by atoms with Crippen LogP contribution in [0, 0.1) is 0 Å². The number of hydrogen-bond acceptors (Lipinski definition) is 5. The average Bonchev–Trinajstić information content (AvgIpc) is 2.96. The molecule has 2 rings (SSSR count). The van der Waals surface area contributed by atoms with Crippen LogP contribution in [0.15, 0.2) is 6.20 Å². The zero-order chi connectivity index (χ0) is 14.9. The summed E-state index contributed by atoms with van der Waals surface area (Å²) in [5.74, 6) is 0.211. The zero-order valence-corrected chi connectivity index (χ0v) is 12.8. The molecular weight excluding hydrogens is 270 g/mol. The van der Waals surface area contributed by atoms with E-state index in [4.69, 9.17) is 4.74 Å². The third-order valence-electron chi connectivity index (χ3n) is 3.46. The van der Waals surface area contributed by atoms with Crippen LogP contribution in [0.5, 0.6) is 0 Å². The van der Waals surface area contributed by atoms with E-state index >= 15 is 0 Å². The lowest BCUT2D eigenvalue weighted by atomic mass is 10.2. The summed E-state index contributed by atoms with van der Waals surface area (Å²) in [4.78, 5) is 13.9. The van der Waals surface area contributed by atoms with Crippen molar-refractivity contribution in [2.45, 2.75) is 39.3 Å². The van der Waals surface area contributed by atoms with Crippen molar-refractivity contribution in [2.24, 2.45) is 0 Å². The Hall–Kier alpha value is -1.47. The van der Waals surface area contributed by atoms with E-state index in [1.54, 1.807) is 0 Å². The molecule has 0 saturated carbocycles. The summed E-state index contributed by atoms with van der Waals surface area (Å²) < 4.78 is 7.06. The molecule has 1 saturated heterocycles. The summed E-state index contributed by atoms with van der Waals surface area (Å²) in [6, 6.07) is 0. The molecule has 0 aromatic carbocycles. The first-order valence-corrected chi connectivity index (χ1v) is 7.75. The quantitative estimate of drug-likeness (QED) is 0.704. The van der Waals surface area contributed by atoms with Crippen LogP contribution in [0.4, 0.5) is 0 Å². The molecule has 0 atom stereocenters. The number of morpholine rings is 1. The number of nitrogens with zero attached hydrogens (tertiary/aromatic N) is 4. The molecule has 2 heterocycles. The lowest BCUT2D eigenvalue weighted by Gasteiger charge is -2.26. The van der Waals surface area contributed by atoms with Crippen molar-refractivity contribution >= 4 is 5.91 Å². The van der Waals surface area contributed by atoms with Gasteiger partial charge >= 0.3 is 0 Å². The van der Waals surface area contributed by atoms with Crippen molar-refractivity contribution in [3.05, 3.63) is 11.9 Å². The predicted octanol–water partition coefficient (Wildman–Crippen LogP) is 0.417. The second kappa shape index (κ2) is 8.74. The minimum Gasteiger partial charge on any atom is -0.378 e. The van der Waals surface area contributed by atoms with Gasteiger partial charge in [-0.15, -0.1) is 5.10 Å². The maximum Gasteiger partial charge on any atom is 0.222 e. The van der Waals surface area contributed by atoms with Crippen LogP contribution in [-0.2, 0) is 22.6 Å². The van der Waals surface area contributed by atoms with Crippen LogP contribution < -0.4 is 5.32 Å². The maximum absolute atomic E-state index is 12.0. The first-order chi connectivity index (χ1) is 10.3. The van der Waals surface area contributed by atoms with Crippen LogP contribution in [0.1, 0.15) is 31.9 Å². The van der Waals surface area contributed by atoms with Crippen molar-refractivity contribution < 1.29 is 9.53 Å². The molecule has 1 aliphatic heterocycles. The number of carbonyl (C=O) groups is 1. The fraction of sp³-hybridized carbons (Fsp3) is 0.786. The van der Waals surface area contributed by atoms with Crippen LogP contribution >= 0.6 is 0 Å². The average molecular weight is 295 g/mol. The molecule has 0 bridgehead atoms. The summed E-state index contributed by atoms with van der Waals surface area (Å²) in [6.07, 6.45) is 4.41. The van der Waals surface area contributed by atoms with Crippen molar-refractivity contribution in [2.75, 3.05) is 32.8 Å². The second-order valence-corrected chi connectivity index (χ2v) is 5.25. The summed E-state index contributed by atoms with van der Waals surface area (Å²) in [5, 5.41) is 11.5. The first kappa shape index (κ1) is 15.9. The normalized spacial score (nSPS) is 15.4. The van der Waals surface area contributed by atoms with Crippen LogP contribution in [0.3, 0.4) is 0 Å². The summed E-state index contributed by atoms with van der Waals surface area (Å²) in [5.41, 5.74) is 0.947. The van der Waals surface area contributed by atoms with E-state index in [0.29, 0.717) is 19.6 Å². The Labute approximate surface area is 125 Å². The van der Waals surface area contributed by atoms with E-state index in [1.807, 2.05) is 15.8 Å². The van der Waals surface area contributed by atoms with Gasteiger partial charge in [0, 0.05) is 38.8 Å². The zero-order valence-electron chi connectivity index (χ0n) is 12.8. The highest BCUT2D eigenvalue weighted by Crippen LogP contribution is 2.04. The second-order valence-electron chi connectivity index (χ2n) is 5.25. The number of aromatic nitrogens is 3. The van der Waals surface area contributed by atoms with Gasteiger partial charge in [-0.2, -0.15) is 0 Å². The van der Waals surface area contributed by atoms with Crippen molar-refractivity contribution in [1.82, 2.24) is 25.2 Å². The molecule has 0 spiro atoms. The highest BCUT2D eigenvalue weighted by Gasteiger charge is 2.16. The van der Waals surface area contributed by atoms with Gasteiger partial charge < -0.3 is 15.0 Å². The highest BCUT2D eigenvalue weighted by atomic mass is 16.5. The van der Waals surface area contributed by atoms with E-state index in [0.717, 1.165) is 51.3 Å². The Morgan fingerprint density at radius 3 is 3.00 bits per heavy atom. The number of hydrogen-bond donors (Lipinski definition) is 1. The van der Waals surface area contributed by atoms with Gasteiger partial charge in [0.1, 0.15) is 0 Å². The van der Waals surface area contributed by atoms with Crippen molar-refractivity contribution in [3.8, 4) is 0 Å². The van der Waals surface area contributed by atoms with E-state index in [-0.39, 0.29) is 5.91 Å². The first-order valence-electron chi connectivity index (χ1n) is 7.75. The van der Waals surface area contributed by atoms with E-state index in [2.05, 4.69) is 22.6 Å². The van der Waals surface area contributed by atoms with Gasteiger partial charge in [-0.25, -0.2) is 0 Å². The lowest BCUT2D eigenvalue weighted by molar-refractivity contribution is -0.135. The molecule has 1 aromatic heterocycles. The van der Waals surface area contributed by atoms with Crippen molar-refractivity contribution in [1.29, 1.82) is 0 Å². The van der Waals surface area contributed by atoms with Gasteiger partial charge in [-0.3, -0.25) is 9.48 Å². The minimum atomic E-state index is 0.211. The van der Waals surface area contributed by atoms with E-state index in [9.17, 15) is 4.79 Å². The Balaban J connectivity index is 1.64. The molecule has 1 N–H and O–H groups in total. The third-order valence-corrected chi connectivity index (χ3v) is 3.46. The smallest absolute Gasteiger partial charge is 0.222 e. The molecule has 0 aliphatic carbocycles. The SMILES string of the molecule is CCCNCc1cn(CCCC(=O)N2CCOCC2)nn1. The Morgan fingerprint density at radius 2 is 2.24 bits per heavy atom. The van der Waals surface area contributed by atoms with Gasteiger partial charge in [-0.05, 0) is 19.4 Å². The molecule has 0 unspecified atom stereocenters. The standard InChI is InChI=1S/C14H25N5O2/c1-2-5-15-11-13-12-19(17-16-13)6-3-4-14(20)18-7-9-21-10-8-18/h12,15H,2-11H2,1H3. The molecule has 7 nitrogen and oxygen atoms in total. The Kier molecular flexibility index (Phi) is 6.62. The molecule has 7 heteroatoms. The van der Waals surface area contributed by atoms with Crippen LogP contribution in [0.25, 0.3) is 0 Å². The summed E-state index contributed by atoms with van der Waals surface area (Å²) >= 11 is 0. The summed E-state index contributed by atoms with van der Waals surface area (Å²) in [7, 11) is 0. The molecule has 1 fully saturated rings. The van der Waals surface area contributed by atoms with Gasteiger partial charge in [0.25, 0.3) is 0 Å². The van der Waals surface area contributed by atoms with Crippen molar-refractivity contribution in [3.63, 3.8) is 0 Å². The van der Waals surface area contributed by atoms with E-state index < -0.39 is 0 Å². The topological polar surface area (TPSA) is 72.3 Å². The number of amides is 1. The van der Waals surface area contributed by atoms with Crippen LogP contribution in [-0.4, -0.2) is 58.6 Å². The van der Waals surface area contributed by atoms with Gasteiger partial charge in [0.15, 0.2) is 0 Å². The monoisotopic (exact) mass is 295 g/mol. The minimum absolute atomic E-state index is 0.211. The van der Waals surface area contributed by atoms with Gasteiger partial charge in [-0.1, -0.05) is 12.1 Å². The number of aryl methyl sites for hydroxylation is 1.